The minimum absolute atomic E-state index is 0.0307. The average molecular weight is 409 g/mol. The number of hydrogen-bond donors (Lipinski definition) is 3. The maximum absolute atomic E-state index is 5.67. The SMILES string of the molecule is CN=C(NCC1(NC(C)c2ccccc2)CCOCC1)NC(C)c1ccccc1C. The van der Waals surface area contributed by atoms with E-state index in [2.05, 4.69) is 96.3 Å². The van der Waals surface area contributed by atoms with Crippen LogP contribution in [-0.2, 0) is 4.74 Å². The molecule has 0 amide bonds. The third kappa shape index (κ3) is 5.83. The molecule has 162 valence electrons. The Morgan fingerprint density at radius 3 is 2.33 bits per heavy atom. The minimum atomic E-state index is -0.0307. The highest BCUT2D eigenvalue weighted by Gasteiger charge is 2.34. The Hall–Kier alpha value is -2.37. The lowest BCUT2D eigenvalue weighted by atomic mass is 9.88. The summed E-state index contributed by atoms with van der Waals surface area (Å²) in [5.41, 5.74) is 3.85. The highest BCUT2D eigenvalue weighted by Crippen LogP contribution is 2.25. The second-order valence-corrected chi connectivity index (χ2v) is 8.32. The standard InChI is InChI=1S/C25H36N4O/c1-19-10-8-9-13-23(19)21(3)28-24(26-4)27-18-25(14-16-30-17-15-25)29-20(2)22-11-6-5-7-12-22/h5-13,20-21,29H,14-18H2,1-4H3,(H2,26,27,28). The molecule has 2 unspecified atom stereocenters. The van der Waals surface area contributed by atoms with Crippen LogP contribution in [0, 0.1) is 6.92 Å². The van der Waals surface area contributed by atoms with Crippen molar-refractivity contribution < 1.29 is 4.74 Å². The first-order valence-electron chi connectivity index (χ1n) is 11.0. The van der Waals surface area contributed by atoms with Crippen LogP contribution in [0.4, 0.5) is 0 Å². The van der Waals surface area contributed by atoms with Gasteiger partial charge in [0.15, 0.2) is 5.96 Å². The van der Waals surface area contributed by atoms with E-state index in [0.717, 1.165) is 38.6 Å². The van der Waals surface area contributed by atoms with Crippen molar-refractivity contribution in [3.63, 3.8) is 0 Å². The van der Waals surface area contributed by atoms with Crippen LogP contribution in [0.5, 0.6) is 0 Å². The van der Waals surface area contributed by atoms with Gasteiger partial charge in [0.25, 0.3) is 0 Å². The van der Waals surface area contributed by atoms with Gasteiger partial charge in [-0.1, -0.05) is 54.6 Å². The average Bonchev–Trinajstić information content (AvgIpc) is 2.78. The summed E-state index contributed by atoms with van der Waals surface area (Å²) in [6.07, 6.45) is 1.95. The second kappa shape index (κ2) is 10.6. The maximum Gasteiger partial charge on any atom is 0.191 e. The van der Waals surface area contributed by atoms with Crippen molar-refractivity contribution in [2.24, 2.45) is 4.99 Å². The van der Waals surface area contributed by atoms with Gasteiger partial charge in [-0.25, -0.2) is 0 Å². The molecule has 2 atom stereocenters. The molecule has 5 heteroatoms. The lowest BCUT2D eigenvalue weighted by molar-refractivity contribution is 0.0354. The van der Waals surface area contributed by atoms with Crippen molar-refractivity contribution in [1.82, 2.24) is 16.0 Å². The number of ether oxygens (including phenoxy) is 1. The summed E-state index contributed by atoms with van der Waals surface area (Å²) >= 11 is 0. The zero-order valence-electron chi connectivity index (χ0n) is 18.7. The van der Waals surface area contributed by atoms with Crippen LogP contribution < -0.4 is 16.0 Å². The summed E-state index contributed by atoms with van der Waals surface area (Å²) in [6, 6.07) is 19.6. The Labute approximate surface area is 181 Å². The number of guanidine groups is 1. The molecular formula is C25H36N4O. The van der Waals surface area contributed by atoms with Crippen molar-refractivity contribution in [3.05, 3.63) is 71.3 Å². The predicted octanol–water partition coefficient (Wildman–Crippen LogP) is 4.12. The van der Waals surface area contributed by atoms with Crippen molar-refractivity contribution in [1.29, 1.82) is 0 Å². The third-order valence-electron chi connectivity index (χ3n) is 6.10. The molecule has 0 saturated carbocycles. The largest absolute Gasteiger partial charge is 0.381 e. The minimum Gasteiger partial charge on any atom is -0.381 e. The molecule has 1 aliphatic rings. The Morgan fingerprint density at radius 1 is 1.00 bits per heavy atom. The van der Waals surface area contributed by atoms with Crippen molar-refractivity contribution in [3.8, 4) is 0 Å². The summed E-state index contributed by atoms with van der Waals surface area (Å²) in [7, 11) is 1.83. The molecule has 1 heterocycles. The van der Waals surface area contributed by atoms with Gasteiger partial charge in [0.2, 0.25) is 0 Å². The van der Waals surface area contributed by atoms with Crippen molar-refractivity contribution in [2.75, 3.05) is 26.8 Å². The van der Waals surface area contributed by atoms with E-state index in [-0.39, 0.29) is 17.6 Å². The topological polar surface area (TPSA) is 57.7 Å². The molecule has 0 spiro atoms. The number of rotatable bonds is 7. The highest BCUT2D eigenvalue weighted by molar-refractivity contribution is 5.80. The molecule has 30 heavy (non-hydrogen) atoms. The first kappa shape index (κ1) is 22.3. The molecule has 0 bridgehead atoms. The fourth-order valence-electron chi connectivity index (χ4n) is 4.22. The summed E-state index contributed by atoms with van der Waals surface area (Å²) in [6.45, 7) is 8.92. The first-order chi connectivity index (χ1) is 14.5. The highest BCUT2D eigenvalue weighted by atomic mass is 16.5. The van der Waals surface area contributed by atoms with Gasteiger partial charge in [0.1, 0.15) is 0 Å². The normalized spacial score (nSPS) is 18.5. The van der Waals surface area contributed by atoms with Crippen LogP contribution in [-0.4, -0.2) is 38.3 Å². The van der Waals surface area contributed by atoms with E-state index in [1.165, 1.54) is 16.7 Å². The van der Waals surface area contributed by atoms with Crippen LogP contribution in [0.15, 0.2) is 59.6 Å². The van der Waals surface area contributed by atoms with Crippen molar-refractivity contribution >= 4 is 5.96 Å². The molecule has 3 N–H and O–H groups in total. The van der Waals surface area contributed by atoms with E-state index in [1.54, 1.807) is 0 Å². The molecule has 0 aliphatic carbocycles. The predicted molar refractivity (Wildman–Crippen MR) is 125 cm³/mol. The van der Waals surface area contributed by atoms with Crippen LogP contribution in [0.2, 0.25) is 0 Å². The molecule has 1 fully saturated rings. The van der Waals surface area contributed by atoms with E-state index < -0.39 is 0 Å². The molecule has 2 aromatic carbocycles. The van der Waals surface area contributed by atoms with E-state index in [9.17, 15) is 0 Å². The van der Waals surface area contributed by atoms with E-state index >= 15 is 0 Å². The van der Waals surface area contributed by atoms with Gasteiger partial charge < -0.3 is 20.7 Å². The molecule has 1 saturated heterocycles. The number of aryl methyl sites for hydroxylation is 1. The monoisotopic (exact) mass is 408 g/mol. The zero-order chi connectivity index (χ0) is 21.4. The zero-order valence-corrected chi connectivity index (χ0v) is 18.7. The van der Waals surface area contributed by atoms with Gasteiger partial charge in [-0.2, -0.15) is 0 Å². The number of aliphatic imine (C=N–C) groups is 1. The van der Waals surface area contributed by atoms with Gasteiger partial charge in [0.05, 0.1) is 6.04 Å². The number of nitrogens with zero attached hydrogens (tertiary/aromatic N) is 1. The summed E-state index contributed by atoms with van der Waals surface area (Å²) in [4.78, 5) is 4.47. The molecule has 0 aromatic heterocycles. The van der Waals surface area contributed by atoms with E-state index in [4.69, 9.17) is 4.74 Å². The fourth-order valence-corrected chi connectivity index (χ4v) is 4.22. The van der Waals surface area contributed by atoms with E-state index in [0.29, 0.717) is 0 Å². The maximum atomic E-state index is 5.67. The number of nitrogens with one attached hydrogen (secondary N) is 3. The van der Waals surface area contributed by atoms with Crippen molar-refractivity contribution in [2.45, 2.75) is 51.2 Å². The first-order valence-corrected chi connectivity index (χ1v) is 11.0. The van der Waals surface area contributed by atoms with Crippen LogP contribution >= 0.6 is 0 Å². The van der Waals surface area contributed by atoms with Gasteiger partial charge in [-0.3, -0.25) is 4.99 Å². The van der Waals surface area contributed by atoms with Gasteiger partial charge >= 0.3 is 0 Å². The summed E-state index contributed by atoms with van der Waals surface area (Å²) < 4.78 is 5.67. The lowest BCUT2D eigenvalue weighted by Gasteiger charge is -2.41. The van der Waals surface area contributed by atoms with Gasteiger partial charge in [-0.05, 0) is 50.3 Å². The van der Waals surface area contributed by atoms with Crippen LogP contribution in [0.3, 0.4) is 0 Å². The van der Waals surface area contributed by atoms with Crippen LogP contribution in [0.1, 0.15) is 55.5 Å². The Morgan fingerprint density at radius 2 is 1.67 bits per heavy atom. The van der Waals surface area contributed by atoms with E-state index in [1.807, 2.05) is 7.05 Å². The summed E-state index contributed by atoms with van der Waals surface area (Å²) in [5, 5.41) is 11.0. The number of hydrogen-bond acceptors (Lipinski definition) is 3. The lowest BCUT2D eigenvalue weighted by Crippen LogP contribution is -2.58. The molecule has 3 rings (SSSR count). The van der Waals surface area contributed by atoms with Gasteiger partial charge in [-0.15, -0.1) is 0 Å². The molecule has 2 aromatic rings. The second-order valence-electron chi connectivity index (χ2n) is 8.32. The fraction of sp³-hybridized carbons (Fsp3) is 0.480. The Bertz CT molecular complexity index is 815. The quantitative estimate of drug-likeness (QED) is 0.476. The van der Waals surface area contributed by atoms with Crippen LogP contribution in [0.25, 0.3) is 0 Å². The number of benzene rings is 2. The molecule has 0 radical (unpaired) electrons. The Balaban J connectivity index is 1.65. The van der Waals surface area contributed by atoms with Gasteiger partial charge in [0, 0.05) is 38.4 Å². The molecular weight excluding hydrogens is 372 g/mol. The summed E-state index contributed by atoms with van der Waals surface area (Å²) in [5.74, 6) is 0.825. The molecule has 1 aliphatic heterocycles. The smallest absolute Gasteiger partial charge is 0.191 e. The Kier molecular flexibility index (Phi) is 7.88. The molecule has 5 nitrogen and oxygen atoms in total. The third-order valence-corrected chi connectivity index (χ3v) is 6.10.